The summed E-state index contributed by atoms with van der Waals surface area (Å²) in [5.74, 6) is 0.178. The van der Waals surface area contributed by atoms with E-state index < -0.39 is 23.7 Å². The van der Waals surface area contributed by atoms with E-state index in [4.69, 9.17) is 9.72 Å². The molecule has 0 spiro atoms. The lowest BCUT2D eigenvalue weighted by atomic mass is 10.00. The largest absolute Gasteiger partial charge is 0.478 e. The molecule has 212 valence electrons. The zero-order valence-electron chi connectivity index (χ0n) is 23.1. The summed E-state index contributed by atoms with van der Waals surface area (Å²) in [6.45, 7) is 6.69. The van der Waals surface area contributed by atoms with Crippen molar-refractivity contribution >= 4 is 29.5 Å². The Bertz CT molecular complexity index is 1120. The molecule has 3 rings (SSSR count). The Morgan fingerprint density at radius 3 is 2.41 bits per heavy atom. The van der Waals surface area contributed by atoms with Crippen LogP contribution < -0.4 is 16.0 Å². The van der Waals surface area contributed by atoms with Gasteiger partial charge >= 0.3 is 12.1 Å². The first kappa shape index (κ1) is 29.8. The van der Waals surface area contributed by atoms with Crippen molar-refractivity contribution in [3.8, 4) is 11.4 Å². The van der Waals surface area contributed by atoms with Crippen LogP contribution >= 0.6 is 0 Å². The Labute approximate surface area is 229 Å². The molecular formula is C28H40N6O5. The highest BCUT2D eigenvalue weighted by Crippen LogP contribution is 2.24. The number of ether oxygens (including phenoxy) is 1. The molecule has 4 N–H and O–H groups in total. The van der Waals surface area contributed by atoms with Crippen LogP contribution in [0.1, 0.15) is 88.9 Å². The van der Waals surface area contributed by atoms with Crippen LogP contribution in [0, 0.1) is 0 Å². The van der Waals surface area contributed by atoms with Crippen molar-refractivity contribution in [3.63, 3.8) is 0 Å². The normalized spacial score (nSPS) is 18.0. The molecule has 1 amide bonds. The number of fused-ring (bicyclic) bond motifs is 2. The van der Waals surface area contributed by atoms with Crippen molar-refractivity contribution in [2.24, 2.45) is 0 Å². The van der Waals surface area contributed by atoms with E-state index >= 15 is 0 Å². The second-order valence-corrected chi connectivity index (χ2v) is 10.7. The van der Waals surface area contributed by atoms with Crippen molar-refractivity contribution in [1.29, 1.82) is 0 Å². The number of pyridine rings is 1. The van der Waals surface area contributed by atoms with Gasteiger partial charge in [0.25, 0.3) is 0 Å². The van der Waals surface area contributed by atoms with E-state index in [1.165, 1.54) is 12.3 Å². The fourth-order valence-corrected chi connectivity index (χ4v) is 4.23. The summed E-state index contributed by atoms with van der Waals surface area (Å²) in [5, 5.41) is 18.6. The quantitative estimate of drug-likeness (QED) is 0.416. The van der Waals surface area contributed by atoms with Gasteiger partial charge in [0, 0.05) is 25.7 Å². The molecule has 11 heteroatoms. The molecule has 2 aromatic rings. The van der Waals surface area contributed by atoms with Gasteiger partial charge in [0.2, 0.25) is 0 Å². The first-order chi connectivity index (χ1) is 18.6. The molecule has 0 saturated heterocycles. The summed E-state index contributed by atoms with van der Waals surface area (Å²) in [5.41, 5.74) is 0.483. The average molecular weight is 541 g/mol. The van der Waals surface area contributed by atoms with Gasteiger partial charge in [-0.15, -0.1) is 0 Å². The van der Waals surface area contributed by atoms with Gasteiger partial charge in [0.05, 0.1) is 23.5 Å². The fourth-order valence-electron chi connectivity index (χ4n) is 4.23. The molecule has 0 aromatic carbocycles. The number of rotatable bonds is 3. The van der Waals surface area contributed by atoms with E-state index in [9.17, 15) is 19.5 Å². The lowest BCUT2D eigenvalue weighted by Crippen LogP contribution is -2.43. The number of ketones is 1. The van der Waals surface area contributed by atoms with Gasteiger partial charge in [0.1, 0.15) is 17.1 Å². The van der Waals surface area contributed by atoms with E-state index in [0.29, 0.717) is 48.8 Å². The second kappa shape index (κ2) is 14.4. The van der Waals surface area contributed by atoms with E-state index in [1.807, 2.05) is 0 Å². The van der Waals surface area contributed by atoms with Crippen LogP contribution in [0.25, 0.3) is 11.4 Å². The van der Waals surface area contributed by atoms with Crippen LogP contribution in [-0.4, -0.2) is 62.6 Å². The van der Waals surface area contributed by atoms with Crippen LogP contribution in [0.3, 0.4) is 0 Å². The van der Waals surface area contributed by atoms with Gasteiger partial charge < -0.3 is 25.8 Å². The number of hydrogen-bond acceptors (Lipinski definition) is 9. The summed E-state index contributed by atoms with van der Waals surface area (Å²) >= 11 is 0. The molecule has 0 radical (unpaired) electrons. The molecule has 1 aliphatic heterocycles. The number of alkyl carbamates (subject to hydrolysis) is 1. The Hall–Kier alpha value is -3.76. The Morgan fingerprint density at radius 2 is 1.69 bits per heavy atom. The molecule has 0 saturated carbocycles. The Kier molecular flexibility index (Phi) is 11.0. The van der Waals surface area contributed by atoms with Crippen LogP contribution in [0.15, 0.2) is 24.5 Å². The maximum atomic E-state index is 12.9. The Balaban J connectivity index is 1.72. The maximum absolute atomic E-state index is 12.9. The van der Waals surface area contributed by atoms with Crippen LogP contribution in [0.2, 0.25) is 0 Å². The third-order valence-electron chi connectivity index (χ3n) is 6.22. The van der Waals surface area contributed by atoms with Crippen molar-refractivity contribution in [3.05, 3.63) is 30.1 Å². The topological polar surface area (TPSA) is 155 Å². The van der Waals surface area contributed by atoms with Crippen LogP contribution in [-0.2, 0) is 9.53 Å². The lowest BCUT2D eigenvalue weighted by Gasteiger charge is -2.23. The average Bonchev–Trinajstić information content (AvgIpc) is 2.87. The maximum Gasteiger partial charge on any atom is 0.408 e. The molecule has 0 fully saturated rings. The van der Waals surface area contributed by atoms with E-state index in [1.54, 1.807) is 33.0 Å². The zero-order valence-corrected chi connectivity index (χ0v) is 23.1. The molecule has 39 heavy (non-hydrogen) atoms. The summed E-state index contributed by atoms with van der Waals surface area (Å²) in [7, 11) is 0. The first-order valence-corrected chi connectivity index (χ1v) is 13.7. The minimum atomic E-state index is -1.05. The van der Waals surface area contributed by atoms with Gasteiger partial charge in [-0.2, -0.15) is 0 Å². The number of hydrogen-bond donors (Lipinski definition) is 4. The molecule has 1 aliphatic rings. The number of aromatic carboxylic acids is 1. The number of amides is 1. The van der Waals surface area contributed by atoms with Crippen LogP contribution in [0.4, 0.5) is 16.4 Å². The summed E-state index contributed by atoms with van der Waals surface area (Å²) in [6, 6.07) is 2.52. The van der Waals surface area contributed by atoms with Gasteiger partial charge in [-0.3, -0.25) is 9.78 Å². The van der Waals surface area contributed by atoms with Gasteiger partial charge in [-0.1, -0.05) is 19.3 Å². The number of carboxylic acid groups (broad SMARTS) is 1. The number of anilines is 2. The number of carbonyl (C=O) groups is 3. The first-order valence-electron chi connectivity index (χ1n) is 13.7. The smallest absolute Gasteiger partial charge is 0.408 e. The molecule has 3 heterocycles. The zero-order chi connectivity index (χ0) is 28.3. The summed E-state index contributed by atoms with van der Waals surface area (Å²) in [6.07, 6.45) is 9.53. The fraction of sp³-hybridized carbons (Fsp3) is 0.571. The lowest BCUT2D eigenvalue weighted by molar-refractivity contribution is -0.121. The number of nitrogens with zero attached hydrogens (tertiary/aromatic N) is 3. The monoisotopic (exact) mass is 540 g/mol. The van der Waals surface area contributed by atoms with E-state index in [2.05, 4.69) is 25.9 Å². The molecule has 1 atom stereocenters. The highest BCUT2D eigenvalue weighted by Gasteiger charge is 2.24. The van der Waals surface area contributed by atoms with Gasteiger partial charge in [-0.05, 0) is 65.0 Å². The number of carboxylic acids is 1. The third kappa shape index (κ3) is 10.1. The highest BCUT2D eigenvalue weighted by molar-refractivity contribution is 5.88. The van der Waals surface area contributed by atoms with Gasteiger partial charge in [-0.25, -0.2) is 19.6 Å². The number of aromatic nitrogens is 3. The molecule has 2 bridgehead atoms. The van der Waals surface area contributed by atoms with Crippen molar-refractivity contribution in [2.45, 2.75) is 90.2 Å². The van der Waals surface area contributed by atoms with E-state index in [0.717, 1.165) is 45.1 Å². The van der Waals surface area contributed by atoms with E-state index in [-0.39, 0.29) is 11.3 Å². The molecular weight excluding hydrogens is 500 g/mol. The SMILES string of the molecule is CC(C)(C)OC(=O)N[C@@H]1CCCCNc2nc(cnc2-c2ccc(C(=O)O)cn2)NCCCCCCCC1=O. The summed E-state index contributed by atoms with van der Waals surface area (Å²) < 4.78 is 5.38. The molecule has 0 unspecified atom stereocenters. The second-order valence-electron chi connectivity index (χ2n) is 10.7. The Morgan fingerprint density at radius 1 is 0.974 bits per heavy atom. The summed E-state index contributed by atoms with van der Waals surface area (Å²) in [4.78, 5) is 50.0. The minimum absolute atomic E-state index is 0.0355. The third-order valence-corrected chi connectivity index (χ3v) is 6.22. The minimum Gasteiger partial charge on any atom is -0.478 e. The molecule has 0 aliphatic carbocycles. The molecule has 11 nitrogen and oxygen atoms in total. The standard InChI is InChI=1S/C28H40N6O5/c1-28(2,3)39-27(38)33-20-11-8-10-16-30-25-24(21-14-13-19(17-31-21)26(36)37)32-18-23(34-25)29-15-9-6-4-5-7-12-22(20)35/h13-14,17-18,20H,4-12,15-16H2,1-3H3,(H,33,38)(H,36,37)(H2,29,30,34)/t20-/m1/s1. The number of carbonyl (C=O) groups excluding carboxylic acids is 2. The molecule has 2 aromatic heterocycles. The predicted octanol–water partition coefficient (Wildman–Crippen LogP) is 5.05. The number of Topliss-reactive ketones (excluding diaryl/α,β-unsaturated/α-hetero) is 1. The van der Waals surface area contributed by atoms with Crippen molar-refractivity contribution in [1.82, 2.24) is 20.3 Å². The van der Waals surface area contributed by atoms with Gasteiger partial charge in [0.15, 0.2) is 11.6 Å². The number of nitrogens with one attached hydrogen (secondary N) is 3. The van der Waals surface area contributed by atoms with Crippen LogP contribution in [0.5, 0.6) is 0 Å². The van der Waals surface area contributed by atoms with Crippen molar-refractivity contribution < 1.29 is 24.2 Å². The highest BCUT2D eigenvalue weighted by atomic mass is 16.6. The van der Waals surface area contributed by atoms with Crippen molar-refractivity contribution in [2.75, 3.05) is 23.7 Å². The predicted molar refractivity (Wildman–Crippen MR) is 149 cm³/mol.